The Balaban J connectivity index is 1.33. The second kappa shape index (κ2) is 11.7. The number of carbonyl (C=O) groups excluding carboxylic acids is 3. The maximum Gasteiger partial charge on any atom is 0.255 e. The number of likely N-dealkylation sites (tertiary alicyclic amines) is 1. The lowest BCUT2D eigenvalue weighted by atomic mass is 10.0. The summed E-state index contributed by atoms with van der Waals surface area (Å²) < 4.78 is 0. The molecular weight excluding hydrogens is 472 g/mol. The summed E-state index contributed by atoms with van der Waals surface area (Å²) in [7, 11) is 1.80. The number of fused-ring (bicyclic) bond motifs is 1. The molecule has 0 radical (unpaired) electrons. The van der Waals surface area contributed by atoms with Crippen LogP contribution in [0.5, 0.6) is 0 Å². The van der Waals surface area contributed by atoms with Crippen LogP contribution in [-0.2, 0) is 16.1 Å². The summed E-state index contributed by atoms with van der Waals surface area (Å²) >= 11 is 0. The SMILES string of the molecule is CNc1ccc(C(=O)Nc2ccc3nc(CN4CCC(CC(=O)NCCC(N)=O)C4)[nH]c3c2)cc1C=[NH2+]. The van der Waals surface area contributed by atoms with Crippen molar-refractivity contribution in [2.24, 2.45) is 11.7 Å². The number of nitrogens with zero attached hydrogens (tertiary/aromatic N) is 2. The smallest absolute Gasteiger partial charge is 0.255 e. The van der Waals surface area contributed by atoms with Gasteiger partial charge in [-0.1, -0.05) is 0 Å². The molecule has 1 aromatic heterocycles. The van der Waals surface area contributed by atoms with Gasteiger partial charge < -0.3 is 26.7 Å². The number of hydrogen-bond acceptors (Lipinski definition) is 6. The Kier molecular flexibility index (Phi) is 8.14. The van der Waals surface area contributed by atoms with Gasteiger partial charge in [0.25, 0.3) is 5.91 Å². The zero-order valence-electron chi connectivity index (χ0n) is 20.8. The third-order valence-corrected chi connectivity index (χ3v) is 6.46. The molecule has 0 bridgehead atoms. The van der Waals surface area contributed by atoms with Crippen molar-refractivity contribution in [2.45, 2.75) is 25.8 Å². The van der Waals surface area contributed by atoms with E-state index in [-0.39, 0.29) is 30.7 Å². The van der Waals surface area contributed by atoms with Crippen LogP contribution in [0.4, 0.5) is 11.4 Å². The number of benzene rings is 2. The quantitative estimate of drug-likeness (QED) is 0.204. The van der Waals surface area contributed by atoms with Crippen LogP contribution in [0.25, 0.3) is 11.0 Å². The van der Waals surface area contributed by atoms with Gasteiger partial charge in [-0.15, -0.1) is 0 Å². The van der Waals surface area contributed by atoms with Gasteiger partial charge in [-0.25, -0.2) is 4.98 Å². The van der Waals surface area contributed by atoms with E-state index in [1.807, 2.05) is 24.3 Å². The highest BCUT2D eigenvalue weighted by Crippen LogP contribution is 2.23. The predicted molar refractivity (Wildman–Crippen MR) is 142 cm³/mol. The fourth-order valence-electron chi connectivity index (χ4n) is 4.58. The van der Waals surface area contributed by atoms with E-state index in [1.54, 1.807) is 19.2 Å². The minimum absolute atomic E-state index is 0.0539. The molecule has 1 saturated heterocycles. The van der Waals surface area contributed by atoms with Gasteiger partial charge in [0.1, 0.15) is 5.82 Å². The molecule has 1 aliphatic rings. The normalized spacial score (nSPS) is 15.4. The Bertz CT molecular complexity index is 1320. The molecule has 1 unspecified atom stereocenters. The lowest BCUT2D eigenvalue weighted by Gasteiger charge is -2.14. The van der Waals surface area contributed by atoms with E-state index in [9.17, 15) is 14.4 Å². The van der Waals surface area contributed by atoms with Gasteiger partial charge in [0.05, 0.1) is 23.1 Å². The fourth-order valence-corrected chi connectivity index (χ4v) is 4.58. The van der Waals surface area contributed by atoms with Gasteiger partial charge >= 0.3 is 0 Å². The number of aromatic nitrogens is 2. The number of H-pyrrole nitrogens is 1. The fraction of sp³-hybridized carbons (Fsp3) is 0.346. The summed E-state index contributed by atoms with van der Waals surface area (Å²) in [6, 6.07) is 10.9. The lowest BCUT2D eigenvalue weighted by molar-refractivity contribution is -0.122. The van der Waals surface area contributed by atoms with E-state index in [4.69, 9.17) is 11.1 Å². The molecule has 3 aromatic rings. The lowest BCUT2D eigenvalue weighted by Crippen LogP contribution is -2.30. The molecule has 11 nitrogen and oxygen atoms in total. The van der Waals surface area contributed by atoms with Gasteiger partial charge in [-0.05, 0) is 55.3 Å². The molecule has 194 valence electrons. The number of nitrogens with one attached hydrogen (secondary N) is 4. The van der Waals surface area contributed by atoms with Crippen LogP contribution in [0.15, 0.2) is 36.4 Å². The molecular formula is C26H33N8O3+. The Morgan fingerprint density at radius 2 is 2.08 bits per heavy atom. The summed E-state index contributed by atoms with van der Waals surface area (Å²) in [5.41, 5.74) is 9.51. The van der Waals surface area contributed by atoms with E-state index in [0.717, 1.165) is 47.6 Å². The third-order valence-electron chi connectivity index (χ3n) is 6.46. The van der Waals surface area contributed by atoms with Crippen LogP contribution in [0, 0.1) is 5.92 Å². The predicted octanol–water partition coefficient (Wildman–Crippen LogP) is 0.239. The highest BCUT2D eigenvalue weighted by molar-refractivity contribution is 6.06. The van der Waals surface area contributed by atoms with E-state index in [2.05, 4.69) is 30.8 Å². The number of anilines is 2. The summed E-state index contributed by atoms with van der Waals surface area (Å²) in [6.07, 6.45) is 2.97. The molecule has 0 spiro atoms. The molecule has 1 fully saturated rings. The first-order valence-electron chi connectivity index (χ1n) is 12.3. The van der Waals surface area contributed by atoms with Crippen molar-refractivity contribution >= 4 is 46.3 Å². The van der Waals surface area contributed by atoms with Crippen molar-refractivity contribution in [2.75, 3.05) is 37.3 Å². The van der Waals surface area contributed by atoms with Crippen molar-refractivity contribution in [3.8, 4) is 0 Å². The number of carbonyl (C=O) groups is 3. The van der Waals surface area contributed by atoms with E-state index < -0.39 is 5.91 Å². The highest BCUT2D eigenvalue weighted by Gasteiger charge is 2.25. The minimum Gasteiger partial charge on any atom is -0.387 e. The topological polar surface area (TPSA) is 171 Å². The van der Waals surface area contributed by atoms with Gasteiger partial charge in [0.15, 0.2) is 6.21 Å². The largest absolute Gasteiger partial charge is 0.387 e. The molecule has 11 heteroatoms. The van der Waals surface area contributed by atoms with Crippen LogP contribution in [0.2, 0.25) is 0 Å². The molecule has 8 N–H and O–H groups in total. The van der Waals surface area contributed by atoms with Crippen molar-refractivity contribution in [3.63, 3.8) is 0 Å². The van der Waals surface area contributed by atoms with E-state index in [0.29, 0.717) is 24.2 Å². The summed E-state index contributed by atoms with van der Waals surface area (Å²) in [6.45, 7) is 2.61. The number of imidazole rings is 1. The zero-order valence-corrected chi connectivity index (χ0v) is 20.8. The number of amides is 3. The first kappa shape index (κ1) is 25.8. The molecule has 37 heavy (non-hydrogen) atoms. The number of aromatic amines is 1. The molecule has 2 heterocycles. The van der Waals surface area contributed by atoms with Crippen LogP contribution >= 0.6 is 0 Å². The van der Waals surface area contributed by atoms with Crippen molar-refractivity contribution in [3.05, 3.63) is 53.3 Å². The first-order chi connectivity index (χ1) is 17.8. The first-order valence-corrected chi connectivity index (χ1v) is 12.3. The maximum absolute atomic E-state index is 12.8. The molecule has 0 aliphatic carbocycles. The molecule has 0 saturated carbocycles. The molecule has 1 atom stereocenters. The number of primary amides is 1. The van der Waals surface area contributed by atoms with Gasteiger partial charge in [0, 0.05) is 49.9 Å². The van der Waals surface area contributed by atoms with E-state index in [1.165, 1.54) is 6.21 Å². The van der Waals surface area contributed by atoms with Crippen molar-refractivity contribution in [1.82, 2.24) is 20.2 Å². The highest BCUT2D eigenvalue weighted by atomic mass is 16.2. The third kappa shape index (κ3) is 6.70. The second-order valence-electron chi connectivity index (χ2n) is 9.25. The molecule has 1 aliphatic heterocycles. The Labute approximate surface area is 214 Å². The van der Waals surface area contributed by atoms with Crippen LogP contribution in [-0.4, -0.2) is 65.5 Å². The Morgan fingerprint density at radius 1 is 1.24 bits per heavy atom. The summed E-state index contributed by atoms with van der Waals surface area (Å²) in [5.74, 6) is 0.385. The summed E-state index contributed by atoms with van der Waals surface area (Å²) in [4.78, 5) is 46.0. The zero-order chi connectivity index (χ0) is 26.4. The molecule has 3 amide bonds. The van der Waals surface area contributed by atoms with Crippen molar-refractivity contribution < 1.29 is 19.8 Å². The minimum atomic E-state index is -0.424. The van der Waals surface area contributed by atoms with E-state index >= 15 is 0 Å². The number of rotatable bonds is 11. The van der Waals surface area contributed by atoms with Crippen LogP contribution < -0.4 is 27.1 Å². The van der Waals surface area contributed by atoms with Gasteiger partial charge in [0.2, 0.25) is 11.8 Å². The van der Waals surface area contributed by atoms with Crippen LogP contribution in [0.1, 0.15) is 41.0 Å². The van der Waals surface area contributed by atoms with Gasteiger partial charge in [-0.2, -0.15) is 0 Å². The second-order valence-corrected chi connectivity index (χ2v) is 9.25. The maximum atomic E-state index is 12.8. The summed E-state index contributed by atoms with van der Waals surface area (Å²) in [5, 5.41) is 14.4. The van der Waals surface area contributed by atoms with Crippen molar-refractivity contribution in [1.29, 1.82) is 0 Å². The molecule has 2 aromatic carbocycles. The van der Waals surface area contributed by atoms with Gasteiger partial charge in [-0.3, -0.25) is 24.7 Å². The Hall–Kier alpha value is -4.25. The Morgan fingerprint density at radius 3 is 2.84 bits per heavy atom. The number of hydrogen-bond donors (Lipinski definition) is 6. The monoisotopic (exact) mass is 505 g/mol. The van der Waals surface area contributed by atoms with Crippen LogP contribution in [0.3, 0.4) is 0 Å². The molecule has 4 rings (SSSR count). The average molecular weight is 506 g/mol. The number of nitrogens with two attached hydrogens (primary N) is 2. The standard InChI is InChI=1S/C26H32N8O3/c1-29-20-4-2-17(11-18(20)13-27)26(37)31-19-3-5-21-22(12-19)33-24(32-21)15-34-9-7-16(14-34)10-25(36)30-8-6-23(28)35/h2-5,11-13,16,27,29H,6-10,14-15H2,1H3,(H2,28,35)(H,30,36)(H,31,37)(H,32,33)/p+1. The average Bonchev–Trinajstić information content (AvgIpc) is 3.48.